The van der Waals surface area contributed by atoms with E-state index in [9.17, 15) is 4.79 Å². The van der Waals surface area contributed by atoms with Gasteiger partial charge in [-0.15, -0.1) is 0 Å². The molecule has 0 aromatic heterocycles. The first-order chi connectivity index (χ1) is 14.6. The van der Waals surface area contributed by atoms with Gasteiger partial charge in [0.1, 0.15) is 18.5 Å². The van der Waals surface area contributed by atoms with Crippen LogP contribution in [-0.4, -0.2) is 62.1 Å². The second-order valence-corrected chi connectivity index (χ2v) is 8.85. The highest BCUT2D eigenvalue weighted by Crippen LogP contribution is 2.42. The molecule has 6 nitrogen and oxygen atoms in total. The second-order valence-electron chi connectivity index (χ2n) is 8.85. The van der Waals surface area contributed by atoms with Crippen LogP contribution < -0.4 is 9.64 Å². The van der Waals surface area contributed by atoms with Crippen molar-refractivity contribution >= 4 is 11.6 Å². The molecule has 2 atom stereocenters. The summed E-state index contributed by atoms with van der Waals surface area (Å²) in [6, 6.07) is 8.25. The predicted molar refractivity (Wildman–Crippen MR) is 117 cm³/mol. The molecule has 2 unspecified atom stereocenters. The minimum atomic E-state index is -0.402. The molecule has 0 bridgehead atoms. The SMILES string of the molecule is CCC1(C2CCCCC2)OCC(COc2ccc(N3CCN(C(C)=O)CC3)cc2)O1. The van der Waals surface area contributed by atoms with Crippen molar-refractivity contribution in [3.8, 4) is 5.75 Å². The molecule has 0 N–H and O–H groups in total. The average Bonchev–Trinajstić information content (AvgIpc) is 3.23. The van der Waals surface area contributed by atoms with Gasteiger partial charge in [0, 0.05) is 44.7 Å². The molecule has 1 aliphatic carbocycles. The molecule has 30 heavy (non-hydrogen) atoms. The topological polar surface area (TPSA) is 51.2 Å². The Morgan fingerprint density at radius 3 is 2.43 bits per heavy atom. The molecule has 0 radical (unpaired) electrons. The maximum atomic E-state index is 11.5. The summed E-state index contributed by atoms with van der Waals surface area (Å²) in [4.78, 5) is 15.7. The first kappa shape index (κ1) is 21.4. The summed E-state index contributed by atoms with van der Waals surface area (Å²) in [5, 5.41) is 0. The van der Waals surface area contributed by atoms with Gasteiger partial charge in [0.05, 0.1) is 6.61 Å². The fraction of sp³-hybridized carbons (Fsp3) is 0.708. The van der Waals surface area contributed by atoms with E-state index < -0.39 is 5.79 Å². The van der Waals surface area contributed by atoms with Gasteiger partial charge in [-0.1, -0.05) is 26.2 Å². The standard InChI is InChI=1S/C24H36N2O4/c1-3-24(20-7-5-4-6-8-20)29-18-23(30-24)17-28-22-11-9-21(10-12-22)26-15-13-25(14-16-26)19(2)27/h9-12,20,23H,3-8,13-18H2,1-2H3. The van der Waals surface area contributed by atoms with Gasteiger partial charge in [0.25, 0.3) is 0 Å². The molecule has 2 saturated heterocycles. The molecular weight excluding hydrogens is 380 g/mol. The number of ether oxygens (including phenoxy) is 3. The van der Waals surface area contributed by atoms with Gasteiger partial charge < -0.3 is 24.0 Å². The van der Waals surface area contributed by atoms with Crippen LogP contribution in [0.5, 0.6) is 5.75 Å². The number of amides is 1. The lowest BCUT2D eigenvalue weighted by Gasteiger charge is -2.37. The lowest BCUT2D eigenvalue weighted by molar-refractivity contribution is -0.214. The molecule has 1 aromatic rings. The Hall–Kier alpha value is -1.79. The van der Waals surface area contributed by atoms with Gasteiger partial charge in [-0.2, -0.15) is 0 Å². The molecule has 4 rings (SSSR count). The number of carbonyl (C=O) groups is 1. The van der Waals surface area contributed by atoms with Crippen LogP contribution in [0.1, 0.15) is 52.4 Å². The maximum Gasteiger partial charge on any atom is 0.219 e. The highest BCUT2D eigenvalue weighted by molar-refractivity contribution is 5.73. The number of anilines is 1. The molecule has 2 heterocycles. The van der Waals surface area contributed by atoms with Gasteiger partial charge in [-0.3, -0.25) is 4.79 Å². The molecule has 0 spiro atoms. The van der Waals surface area contributed by atoms with Crippen LogP contribution in [0.4, 0.5) is 5.69 Å². The predicted octanol–water partition coefficient (Wildman–Crippen LogP) is 3.84. The number of piperazine rings is 1. The lowest BCUT2D eigenvalue weighted by atomic mass is 9.82. The first-order valence-corrected chi connectivity index (χ1v) is 11.6. The van der Waals surface area contributed by atoms with Crippen molar-refractivity contribution in [2.75, 3.05) is 44.3 Å². The third-order valence-corrected chi connectivity index (χ3v) is 6.96. The van der Waals surface area contributed by atoms with Crippen molar-refractivity contribution in [1.29, 1.82) is 0 Å². The minimum absolute atomic E-state index is 0.00814. The smallest absolute Gasteiger partial charge is 0.219 e. The van der Waals surface area contributed by atoms with Crippen LogP contribution in [0.3, 0.4) is 0 Å². The Labute approximate surface area is 180 Å². The fourth-order valence-corrected chi connectivity index (χ4v) is 5.12. The first-order valence-electron chi connectivity index (χ1n) is 11.6. The maximum absolute atomic E-state index is 11.5. The van der Waals surface area contributed by atoms with Crippen molar-refractivity contribution in [3.05, 3.63) is 24.3 Å². The molecule has 1 amide bonds. The van der Waals surface area contributed by atoms with E-state index in [0.717, 1.165) is 38.3 Å². The fourth-order valence-electron chi connectivity index (χ4n) is 5.12. The minimum Gasteiger partial charge on any atom is -0.491 e. The second kappa shape index (κ2) is 9.56. The Morgan fingerprint density at radius 2 is 1.80 bits per heavy atom. The third kappa shape index (κ3) is 4.75. The molecule has 166 valence electrons. The largest absolute Gasteiger partial charge is 0.491 e. The zero-order chi connectivity index (χ0) is 21.0. The van der Waals surface area contributed by atoms with Crippen LogP contribution in [0.15, 0.2) is 24.3 Å². The number of rotatable bonds is 6. The molecular formula is C24H36N2O4. The summed E-state index contributed by atoms with van der Waals surface area (Å²) in [7, 11) is 0. The van der Waals surface area contributed by atoms with Crippen molar-refractivity contribution in [1.82, 2.24) is 4.90 Å². The highest BCUT2D eigenvalue weighted by atomic mass is 16.8. The molecule has 2 aliphatic heterocycles. The molecule has 6 heteroatoms. The zero-order valence-corrected chi connectivity index (χ0v) is 18.5. The Balaban J connectivity index is 1.26. The molecule has 3 aliphatic rings. The number of nitrogens with zero attached hydrogens (tertiary/aromatic N) is 2. The summed E-state index contributed by atoms with van der Waals surface area (Å²) in [5.41, 5.74) is 1.17. The monoisotopic (exact) mass is 416 g/mol. The summed E-state index contributed by atoms with van der Waals surface area (Å²) in [6.45, 7) is 8.25. The summed E-state index contributed by atoms with van der Waals surface area (Å²) in [5.74, 6) is 1.13. The van der Waals surface area contributed by atoms with Crippen LogP contribution in [0.2, 0.25) is 0 Å². The third-order valence-electron chi connectivity index (χ3n) is 6.96. The van der Waals surface area contributed by atoms with Gasteiger partial charge >= 0.3 is 0 Å². The number of hydrogen-bond acceptors (Lipinski definition) is 5. The Kier molecular flexibility index (Phi) is 6.84. The van der Waals surface area contributed by atoms with Gasteiger partial charge in [-0.25, -0.2) is 0 Å². The van der Waals surface area contributed by atoms with Crippen LogP contribution >= 0.6 is 0 Å². The Morgan fingerprint density at radius 1 is 1.10 bits per heavy atom. The number of hydrogen-bond donors (Lipinski definition) is 0. The van der Waals surface area contributed by atoms with E-state index in [1.807, 2.05) is 17.0 Å². The van der Waals surface area contributed by atoms with Crippen LogP contribution in [0, 0.1) is 5.92 Å². The van der Waals surface area contributed by atoms with E-state index in [0.29, 0.717) is 19.1 Å². The van der Waals surface area contributed by atoms with E-state index in [2.05, 4.69) is 24.0 Å². The number of benzene rings is 1. The van der Waals surface area contributed by atoms with E-state index in [1.54, 1.807) is 6.92 Å². The normalized spacial score (nSPS) is 28.0. The Bertz CT molecular complexity index is 696. The molecule has 1 saturated carbocycles. The van der Waals surface area contributed by atoms with Gasteiger partial charge in [0.2, 0.25) is 5.91 Å². The van der Waals surface area contributed by atoms with Crippen molar-refractivity contribution < 1.29 is 19.0 Å². The zero-order valence-electron chi connectivity index (χ0n) is 18.5. The van der Waals surface area contributed by atoms with Crippen LogP contribution in [0.25, 0.3) is 0 Å². The quantitative estimate of drug-likeness (QED) is 0.705. The molecule has 3 fully saturated rings. The van der Waals surface area contributed by atoms with Crippen molar-refractivity contribution in [2.24, 2.45) is 5.92 Å². The molecule has 1 aromatic carbocycles. The average molecular weight is 417 g/mol. The van der Waals surface area contributed by atoms with E-state index >= 15 is 0 Å². The van der Waals surface area contributed by atoms with Crippen LogP contribution in [-0.2, 0) is 14.3 Å². The highest BCUT2D eigenvalue weighted by Gasteiger charge is 2.46. The lowest BCUT2D eigenvalue weighted by Crippen LogP contribution is -2.48. The van der Waals surface area contributed by atoms with Crippen molar-refractivity contribution in [2.45, 2.75) is 64.3 Å². The van der Waals surface area contributed by atoms with E-state index in [1.165, 1.54) is 37.8 Å². The summed E-state index contributed by atoms with van der Waals surface area (Å²) in [6.07, 6.45) is 7.23. The van der Waals surface area contributed by atoms with E-state index in [-0.39, 0.29) is 12.0 Å². The summed E-state index contributed by atoms with van der Waals surface area (Å²) < 4.78 is 18.7. The van der Waals surface area contributed by atoms with Crippen molar-refractivity contribution in [3.63, 3.8) is 0 Å². The van der Waals surface area contributed by atoms with Gasteiger partial charge in [0.15, 0.2) is 5.79 Å². The number of carbonyl (C=O) groups excluding carboxylic acids is 1. The summed E-state index contributed by atoms with van der Waals surface area (Å²) >= 11 is 0. The van der Waals surface area contributed by atoms with E-state index in [4.69, 9.17) is 14.2 Å². The van der Waals surface area contributed by atoms with Gasteiger partial charge in [-0.05, 0) is 43.5 Å².